The molecule has 6 nitrogen and oxygen atoms in total. The minimum atomic E-state index is -0.392. The van der Waals surface area contributed by atoms with Crippen LogP contribution in [0.1, 0.15) is 29.9 Å². The topological polar surface area (TPSA) is 69.8 Å². The number of carbonyl (C=O) groups is 1. The van der Waals surface area contributed by atoms with Gasteiger partial charge >= 0.3 is 0 Å². The molecule has 0 spiro atoms. The summed E-state index contributed by atoms with van der Waals surface area (Å²) in [5.74, 6) is 0.892. The Kier molecular flexibility index (Phi) is 4.03. The Morgan fingerprint density at radius 1 is 1.20 bits per heavy atom. The fourth-order valence-electron chi connectivity index (χ4n) is 3.04. The second-order valence-corrected chi connectivity index (χ2v) is 5.55. The maximum atomic E-state index is 11.4. The molecule has 1 fully saturated rings. The van der Waals surface area contributed by atoms with E-state index in [2.05, 4.69) is 10.1 Å². The highest BCUT2D eigenvalue weighted by Crippen LogP contribution is 2.25. The third kappa shape index (κ3) is 2.71. The first kappa shape index (κ1) is 13.6. The molecule has 0 radical (unpaired) electrons. The Labute approximate surface area is 118 Å². The van der Waals surface area contributed by atoms with Gasteiger partial charge in [-0.1, -0.05) is 5.16 Å². The lowest BCUT2D eigenvalue weighted by Crippen LogP contribution is -2.49. The van der Waals surface area contributed by atoms with Crippen LogP contribution in [-0.2, 0) is 24.2 Å². The number of carbonyl (C=O) groups excluding carboxylic acids is 1. The maximum Gasteiger partial charge on any atom is 0.248 e. The number of nitrogens with zero attached hydrogens (tertiary/aromatic N) is 3. The lowest BCUT2D eigenvalue weighted by molar-refractivity contribution is -0.136. The molecule has 0 bridgehead atoms. The van der Waals surface area contributed by atoms with E-state index >= 15 is 0 Å². The summed E-state index contributed by atoms with van der Waals surface area (Å²) >= 11 is 0. The monoisotopic (exact) mass is 279 g/mol. The number of aliphatic hydroxyl groups is 1. The van der Waals surface area contributed by atoms with Crippen molar-refractivity contribution >= 4 is 5.91 Å². The van der Waals surface area contributed by atoms with Crippen molar-refractivity contribution in [3.8, 4) is 0 Å². The quantitative estimate of drug-likeness (QED) is 0.855. The van der Waals surface area contributed by atoms with Gasteiger partial charge in [-0.15, -0.1) is 0 Å². The van der Waals surface area contributed by atoms with Crippen LogP contribution in [0.4, 0.5) is 0 Å². The highest BCUT2D eigenvalue weighted by Gasteiger charge is 2.24. The summed E-state index contributed by atoms with van der Waals surface area (Å²) in [6, 6.07) is 0. The van der Waals surface area contributed by atoms with E-state index in [9.17, 15) is 4.79 Å². The number of hydrogen-bond donors (Lipinski definition) is 1. The average molecular weight is 279 g/mol. The van der Waals surface area contributed by atoms with Crippen molar-refractivity contribution in [1.29, 1.82) is 0 Å². The van der Waals surface area contributed by atoms with Crippen molar-refractivity contribution in [1.82, 2.24) is 15.0 Å². The van der Waals surface area contributed by atoms with Crippen LogP contribution in [0.25, 0.3) is 0 Å². The largest absolute Gasteiger partial charge is 0.387 e. The second kappa shape index (κ2) is 5.93. The first-order valence-corrected chi connectivity index (χ1v) is 7.35. The van der Waals surface area contributed by atoms with E-state index in [1.165, 1.54) is 18.4 Å². The highest BCUT2D eigenvalue weighted by molar-refractivity contribution is 5.77. The van der Waals surface area contributed by atoms with Crippen LogP contribution >= 0.6 is 0 Å². The molecule has 0 atom stereocenters. The fraction of sp³-hybridized carbons (Fsp3) is 0.714. The zero-order valence-corrected chi connectivity index (χ0v) is 11.7. The first-order chi connectivity index (χ1) is 9.78. The van der Waals surface area contributed by atoms with Crippen LogP contribution in [-0.4, -0.2) is 58.8 Å². The van der Waals surface area contributed by atoms with E-state index in [0.717, 1.165) is 43.9 Å². The third-order valence-corrected chi connectivity index (χ3v) is 4.27. The van der Waals surface area contributed by atoms with Crippen LogP contribution in [0.5, 0.6) is 0 Å². The van der Waals surface area contributed by atoms with Gasteiger partial charge in [0, 0.05) is 44.7 Å². The Hall–Kier alpha value is -1.40. The molecule has 0 aromatic carbocycles. The molecular weight excluding hydrogens is 258 g/mol. The molecule has 20 heavy (non-hydrogen) atoms. The molecule has 1 aliphatic carbocycles. The normalized spacial score (nSPS) is 19.9. The van der Waals surface area contributed by atoms with Gasteiger partial charge in [0.1, 0.15) is 18.1 Å². The minimum absolute atomic E-state index is 0.177. The standard InChI is InChI=1S/C14H21N3O3/c18-10-14(19)17-7-5-16(6-8-17)9-12-11-3-1-2-4-13(11)20-15-12/h18H,1-10H2. The number of hydrogen-bond acceptors (Lipinski definition) is 5. The summed E-state index contributed by atoms with van der Waals surface area (Å²) in [6.45, 7) is 3.43. The molecule has 1 aromatic rings. The van der Waals surface area contributed by atoms with Gasteiger partial charge in [0.25, 0.3) is 0 Å². The molecule has 2 aliphatic rings. The smallest absolute Gasteiger partial charge is 0.248 e. The summed E-state index contributed by atoms with van der Waals surface area (Å²) in [7, 11) is 0. The molecule has 1 aliphatic heterocycles. The molecular formula is C14H21N3O3. The van der Waals surface area contributed by atoms with Gasteiger partial charge in [-0.2, -0.15) is 0 Å². The number of rotatable bonds is 3. The lowest BCUT2D eigenvalue weighted by atomic mass is 9.96. The van der Waals surface area contributed by atoms with E-state index in [1.807, 2.05) is 0 Å². The molecule has 0 unspecified atom stereocenters. The van der Waals surface area contributed by atoms with Gasteiger partial charge in [0.15, 0.2) is 0 Å². The predicted molar refractivity (Wildman–Crippen MR) is 72.1 cm³/mol. The number of aryl methyl sites for hydroxylation is 1. The Morgan fingerprint density at radius 2 is 1.95 bits per heavy atom. The van der Waals surface area contributed by atoms with Crippen LogP contribution in [0.3, 0.4) is 0 Å². The van der Waals surface area contributed by atoms with E-state index in [0.29, 0.717) is 13.1 Å². The van der Waals surface area contributed by atoms with Crippen molar-refractivity contribution in [3.05, 3.63) is 17.0 Å². The summed E-state index contributed by atoms with van der Waals surface area (Å²) in [5.41, 5.74) is 2.38. The van der Waals surface area contributed by atoms with Crippen molar-refractivity contribution in [2.24, 2.45) is 0 Å². The van der Waals surface area contributed by atoms with E-state index in [4.69, 9.17) is 9.63 Å². The minimum Gasteiger partial charge on any atom is -0.387 e. The van der Waals surface area contributed by atoms with E-state index < -0.39 is 6.61 Å². The zero-order valence-electron chi connectivity index (χ0n) is 11.7. The van der Waals surface area contributed by atoms with Crippen molar-refractivity contribution in [2.75, 3.05) is 32.8 Å². The Balaban J connectivity index is 1.57. The number of piperazine rings is 1. The Bertz CT molecular complexity index is 478. The summed E-state index contributed by atoms with van der Waals surface area (Å²) in [5, 5.41) is 13.1. The van der Waals surface area contributed by atoms with Crippen LogP contribution in [0, 0.1) is 0 Å². The van der Waals surface area contributed by atoms with Gasteiger partial charge in [-0.3, -0.25) is 9.69 Å². The van der Waals surface area contributed by atoms with Gasteiger partial charge in [-0.05, 0) is 19.3 Å². The summed E-state index contributed by atoms with van der Waals surface area (Å²) in [4.78, 5) is 15.4. The molecule has 1 amide bonds. The number of aromatic nitrogens is 1. The maximum absolute atomic E-state index is 11.4. The number of amides is 1. The van der Waals surface area contributed by atoms with Gasteiger partial charge in [-0.25, -0.2) is 0 Å². The fourth-order valence-corrected chi connectivity index (χ4v) is 3.04. The zero-order chi connectivity index (χ0) is 13.9. The average Bonchev–Trinajstić information content (AvgIpc) is 2.91. The highest BCUT2D eigenvalue weighted by atomic mass is 16.5. The third-order valence-electron chi connectivity index (χ3n) is 4.27. The van der Waals surface area contributed by atoms with Gasteiger partial charge in [0.05, 0.1) is 0 Å². The van der Waals surface area contributed by atoms with E-state index in [1.54, 1.807) is 4.90 Å². The van der Waals surface area contributed by atoms with Crippen molar-refractivity contribution < 1.29 is 14.4 Å². The summed E-state index contributed by atoms with van der Waals surface area (Å²) < 4.78 is 5.43. The molecule has 0 saturated carbocycles. The molecule has 110 valence electrons. The van der Waals surface area contributed by atoms with Crippen molar-refractivity contribution in [2.45, 2.75) is 32.2 Å². The van der Waals surface area contributed by atoms with Crippen LogP contribution < -0.4 is 0 Å². The molecule has 2 heterocycles. The SMILES string of the molecule is O=C(CO)N1CCN(Cc2noc3c2CCCC3)CC1. The summed E-state index contributed by atoms with van der Waals surface area (Å²) in [6.07, 6.45) is 4.52. The second-order valence-electron chi connectivity index (χ2n) is 5.55. The van der Waals surface area contributed by atoms with Crippen molar-refractivity contribution in [3.63, 3.8) is 0 Å². The Morgan fingerprint density at radius 3 is 2.70 bits per heavy atom. The molecule has 1 aromatic heterocycles. The molecule has 1 saturated heterocycles. The number of fused-ring (bicyclic) bond motifs is 1. The van der Waals surface area contributed by atoms with Gasteiger partial charge < -0.3 is 14.5 Å². The predicted octanol–water partition coefficient (Wildman–Crippen LogP) is 0.190. The first-order valence-electron chi connectivity index (χ1n) is 7.35. The molecule has 3 rings (SSSR count). The van der Waals surface area contributed by atoms with E-state index in [-0.39, 0.29) is 5.91 Å². The van der Waals surface area contributed by atoms with Crippen LogP contribution in [0.2, 0.25) is 0 Å². The lowest BCUT2D eigenvalue weighted by Gasteiger charge is -2.34. The van der Waals surface area contributed by atoms with Gasteiger partial charge in [0.2, 0.25) is 5.91 Å². The molecule has 1 N–H and O–H groups in total. The molecule has 6 heteroatoms. The van der Waals surface area contributed by atoms with Crippen LogP contribution in [0.15, 0.2) is 4.52 Å². The number of aliphatic hydroxyl groups excluding tert-OH is 1.